The first-order chi connectivity index (χ1) is 15.4. The minimum atomic E-state index is -1.04. The Labute approximate surface area is 190 Å². The highest BCUT2D eigenvalue weighted by Crippen LogP contribution is 2.34. The molecule has 0 spiro atoms. The van der Waals surface area contributed by atoms with E-state index in [-0.39, 0.29) is 4.91 Å². The first-order valence-corrected chi connectivity index (χ1v) is 10.7. The lowest BCUT2D eigenvalue weighted by Crippen LogP contribution is -2.03. The molecule has 1 N–H and O–H groups in total. The molecule has 168 valence electrons. The number of rotatable bonds is 9. The topological polar surface area (TPSA) is 95.7 Å². The van der Waals surface area contributed by atoms with Crippen molar-refractivity contribution in [2.45, 2.75) is 25.5 Å². The zero-order chi connectivity index (χ0) is 23.3. The summed E-state index contributed by atoms with van der Waals surface area (Å²) in [7, 11) is 4.75. The van der Waals surface area contributed by atoms with E-state index in [4.69, 9.17) is 14.2 Å². The third-order valence-electron chi connectivity index (χ3n) is 4.82. The number of carboxylic acids is 1. The van der Waals surface area contributed by atoms with Crippen molar-refractivity contribution in [3.8, 4) is 28.6 Å². The first-order valence-electron chi connectivity index (χ1n) is 9.84. The Morgan fingerprint density at radius 2 is 1.69 bits per heavy atom. The smallest absolute Gasteiger partial charge is 0.342 e. The molecule has 1 heterocycles. The average Bonchev–Trinajstić information content (AvgIpc) is 3.21. The maximum Gasteiger partial charge on any atom is 0.342 e. The summed E-state index contributed by atoms with van der Waals surface area (Å²) in [6.45, 7) is 4.41. The molecule has 0 radical (unpaired) electrons. The number of hydrogen-bond donors (Lipinski definition) is 1. The number of aryl methyl sites for hydroxylation is 1. The van der Waals surface area contributed by atoms with Crippen LogP contribution in [0.2, 0.25) is 0 Å². The number of carbonyl (C=O) groups is 1. The maximum absolute atomic E-state index is 12.0. The van der Waals surface area contributed by atoms with Gasteiger partial charge in [-0.3, -0.25) is 0 Å². The SMILES string of the molecule is CCn1c(S/C(=C\c2ccc(OC)cc2C)C(=O)O)nnc1-c1cc(OC)cc(OC)c1. The van der Waals surface area contributed by atoms with Crippen molar-refractivity contribution in [1.29, 1.82) is 0 Å². The summed E-state index contributed by atoms with van der Waals surface area (Å²) >= 11 is 1.05. The highest BCUT2D eigenvalue weighted by Gasteiger charge is 2.19. The minimum absolute atomic E-state index is 0.134. The number of carboxylic acid groups (broad SMARTS) is 1. The van der Waals surface area contributed by atoms with Gasteiger partial charge in [0.05, 0.1) is 21.3 Å². The molecule has 8 nitrogen and oxygen atoms in total. The summed E-state index contributed by atoms with van der Waals surface area (Å²) in [5.74, 6) is 1.52. The third-order valence-corrected chi connectivity index (χ3v) is 5.82. The fourth-order valence-electron chi connectivity index (χ4n) is 3.11. The number of ether oxygens (including phenoxy) is 3. The Morgan fingerprint density at radius 1 is 1.03 bits per heavy atom. The summed E-state index contributed by atoms with van der Waals surface area (Å²) in [6, 6.07) is 10.9. The van der Waals surface area contributed by atoms with Crippen LogP contribution in [0.5, 0.6) is 17.2 Å². The fraction of sp³-hybridized carbons (Fsp3) is 0.261. The van der Waals surface area contributed by atoms with E-state index in [2.05, 4.69) is 10.2 Å². The van der Waals surface area contributed by atoms with Crippen LogP contribution < -0.4 is 14.2 Å². The zero-order valence-electron chi connectivity index (χ0n) is 18.6. The molecular weight excluding hydrogens is 430 g/mol. The molecule has 3 aromatic rings. The van der Waals surface area contributed by atoms with Crippen LogP contribution in [-0.2, 0) is 11.3 Å². The van der Waals surface area contributed by atoms with Gasteiger partial charge < -0.3 is 23.9 Å². The normalized spacial score (nSPS) is 11.3. The molecule has 0 amide bonds. The van der Waals surface area contributed by atoms with Gasteiger partial charge in [-0.2, -0.15) is 0 Å². The molecule has 9 heteroatoms. The summed E-state index contributed by atoms with van der Waals surface area (Å²) in [5, 5.41) is 18.9. The average molecular weight is 456 g/mol. The lowest BCUT2D eigenvalue weighted by molar-refractivity contribution is -0.131. The van der Waals surface area contributed by atoms with E-state index in [9.17, 15) is 9.90 Å². The van der Waals surface area contributed by atoms with Crippen LogP contribution in [0.3, 0.4) is 0 Å². The van der Waals surface area contributed by atoms with Gasteiger partial charge in [0.15, 0.2) is 11.0 Å². The second kappa shape index (κ2) is 10.2. The zero-order valence-corrected chi connectivity index (χ0v) is 19.4. The second-order valence-electron chi connectivity index (χ2n) is 6.79. The number of aliphatic carboxylic acids is 1. The highest BCUT2D eigenvalue weighted by molar-refractivity contribution is 8.04. The standard InChI is InChI=1S/C23H25N3O5S/c1-6-26-21(16-10-18(30-4)13-19(11-16)31-5)24-25-23(26)32-20(22(27)28)12-15-7-8-17(29-3)9-14(15)2/h7-13H,6H2,1-5H3,(H,27,28)/b20-12-. The number of thioether (sulfide) groups is 1. The largest absolute Gasteiger partial charge is 0.497 e. The lowest BCUT2D eigenvalue weighted by Gasteiger charge is -2.11. The highest BCUT2D eigenvalue weighted by atomic mass is 32.2. The van der Waals surface area contributed by atoms with Crippen LogP contribution in [0.15, 0.2) is 46.5 Å². The second-order valence-corrected chi connectivity index (χ2v) is 7.80. The summed E-state index contributed by atoms with van der Waals surface area (Å²) in [5.41, 5.74) is 2.45. The molecule has 2 aromatic carbocycles. The van der Waals surface area contributed by atoms with Gasteiger partial charge >= 0.3 is 5.97 Å². The Morgan fingerprint density at radius 3 is 2.22 bits per heavy atom. The van der Waals surface area contributed by atoms with E-state index in [1.807, 2.05) is 42.7 Å². The quantitative estimate of drug-likeness (QED) is 0.372. The molecule has 0 bridgehead atoms. The number of methoxy groups -OCH3 is 3. The monoisotopic (exact) mass is 455 g/mol. The Kier molecular flexibility index (Phi) is 7.42. The molecule has 0 aliphatic heterocycles. The van der Waals surface area contributed by atoms with Crippen LogP contribution >= 0.6 is 11.8 Å². The molecule has 0 aliphatic carbocycles. The van der Waals surface area contributed by atoms with E-state index in [0.717, 1.165) is 28.5 Å². The molecule has 0 saturated heterocycles. The van der Waals surface area contributed by atoms with Crippen LogP contribution in [-0.4, -0.2) is 47.2 Å². The molecule has 3 rings (SSSR count). The minimum Gasteiger partial charge on any atom is -0.497 e. The van der Waals surface area contributed by atoms with Gasteiger partial charge in [0.1, 0.15) is 22.2 Å². The van der Waals surface area contributed by atoms with E-state index in [1.54, 1.807) is 39.5 Å². The van der Waals surface area contributed by atoms with Crippen LogP contribution in [0.25, 0.3) is 17.5 Å². The first kappa shape index (κ1) is 23.2. The van der Waals surface area contributed by atoms with E-state index in [0.29, 0.717) is 34.8 Å². The maximum atomic E-state index is 12.0. The molecular formula is C23H25N3O5S. The number of hydrogen-bond acceptors (Lipinski definition) is 7. The molecule has 0 fully saturated rings. The molecule has 1 aromatic heterocycles. The lowest BCUT2D eigenvalue weighted by atomic mass is 10.1. The fourth-order valence-corrected chi connectivity index (χ4v) is 3.99. The molecule has 0 aliphatic rings. The van der Waals surface area contributed by atoms with Crippen molar-refractivity contribution in [2.75, 3.05) is 21.3 Å². The number of nitrogens with zero attached hydrogens (tertiary/aromatic N) is 3. The van der Waals surface area contributed by atoms with Crippen molar-refractivity contribution in [3.05, 3.63) is 52.4 Å². The number of benzene rings is 2. The van der Waals surface area contributed by atoms with Crippen LogP contribution in [0.4, 0.5) is 0 Å². The predicted octanol–water partition coefficient (Wildman–Crippen LogP) is 4.52. The van der Waals surface area contributed by atoms with Crippen molar-refractivity contribution >= 4 is 23.8 Å². The van der Waals surface area contributed by atoms with Gasteiger partial charge in [-0.1, -0.05) is 6.07 Å². The van der Waals surface area contributed by atoms with E-state index in [1.165, 1.54) is 0 Å². The van der Waals surface area contributed by atoms with Crippen molar-refractivity contribution in [2.24, 2.45) is 0 Å². The Hall–Kier alpha value is -3.46. The van der Waals surface area contributed by atoms with Gasteiger partial charge in [-0.05, 0) is 67.1 Å². The predicted molar refractivity (Wildman–Crippen MR) is 123 cm³/mol. The Balaban J connectivity index is 2.00. The number of aromatic nitrogens is 3. The molecule has 0 unspecified atom stereocenters. The van der Waals surface area contributed by atoms with E-state index >= 15 is 0 Å². The summed E-state index contributed by atoms with van der Waals surface area (Å²) in [6.07, 6.45) is 1.63. The molecule has 0 atom stereocenters. The van der Waals surface area contributed by atoms with Gasteiger partial charge in [-0.15, -0.1) is 10.2 Å². The van der Waals surface area contributed by atoms with Gasteiger partial charge in [0.2, 0.25) is 0 Å². The molecule has 0 saturated carbocycles. The van der Waals surface area contributed by atoms with E-state index < -0.39 is 5.97 Å². The van der Waals surface area contributed by atoms with Crippen molar-refractivity contribution in [3.63, 3.8) is 0 Å². The summed E-state index contributed by atoms with van der Waals surface area (Å²) < 4.78 is 17.8. The van der Waals surface area contributed by atoms with Crippen LogP contribution in [0.1, 0.15) is 18.1 Å². The van der Waals surface area contributed by atoms with Gasteiger partial charge in [0.25, 0.3) is 0 Å². The van der Waals surface area contributed by atoms with Gasteiger partial charge in [0, 0.05) is 18.2 Å². The third kappa shape index (κ3) is 5.05. The van der Waals surface area contributed by atoms with Gasteiger partial charge in [-0.25, -0.2) is 4.79 Å². The van der Waals surface area contributed by atoms with Crippen LogP contribution in [0, 0.1) is 6.92 Å². The van der Waals surface area contributed by atoms with Crippen molar-refractivity contribution < 1.29 is 24.1 Å². The summed E-state index contributed by atoms with van der Waals surface area (Å²) in [4.78, 5) is 12.1. The molecule has 32 heavy (non-hydrogen) atoms. The Bertz CT molecular complexity index is 1130. The van der Waals surface area contributed by atoms with Crippen molar-refractivity contribution in [1.82, 2.24) is 14.8 Å².